The van der Waals surface area contributed by atoms with E-state index in [1.165, 1.54) is 16.6 Å². The molecule has 3 rings (SSSR count). The summed E-state index contributed by atoms with van der Waals surface area (Å²) in [6.45, 7) is 2.45. The number of nitrogens with one attached hydrogen (secondary N) is 1. The number of hydrogen-bond donors (Lipinski definition) is 1. The molecule has 0 aliphatic carbocycles. The molecule has 0 bridgehead atoms. The standard InChI is InChI=1S/C15H15N3O3S2/c1-10-12(5-7-20-10)14-17-18-15(21-14)23-9-13(19)16-6-4-11-3-2-8-22-11/h2-3,5,7-8H,4,6,9H2,1H3,(H,16,19). The van der Waals surface area contributed by atoms with Crippen LogP contribution in [-0.2, 0) is 11.2 Å². The van der Waals surface area contributed by atoms with Gasteiger partial charge in [-0.25, -0.2) is 0 Å². The van der Waals surface area contributed by atoms with Crippen molar-refractivity contribution in [2.45, 2.75) is 18.6 Å². The first kappa shape index (κ1) is 15.8. The van der Waals surface area contributed by atoms with Crippen molar-refractivity contribution in [3.63, 3.8) is 0 Å². The minimum atomic E-state index is -0.0502. The number of thiophene rings is 1. The van der Waals surface area contributed by atoms with Crippen LogP contribution >= 0.6 is 23.1 Å². The van der Waals surface area contributed by atoms with Gasteiger partial charge in [-0.3, -0.25) is 4.79 Å². The van der Waals surface area contributed by atoms with Gasteiger partial charge in [0.2, 0.25) is 5.91 Å². The minimum Gasteiger partial charge on any atom is -0.469 e. The molecule has 8 heteroatoms. The van der Waals surface area contributed by atoms with Gasteiger partial charge in [-0.15, -0.1) is 21.5 Å². The van der Waals surface area contributed by atoms with Gasteiger partial charge in [-0.05, 0) is 30.9 Å². The van der Waals surface area contributed by atoms with Gasteiger partial charge in [0.05, 0.1) is 17.6 Å². The quantitative estimate of drug-likeness (QED) is 0.660. The van der Waals surface area contributed by atoms with Gasteiger partial charge < -0.3 is 14.2 Å². The summed E-state index contributed by atoms with van der Waals surface area (Å²) in [5, 5.41) is 13.2. The fourth-order valence-corrected chi connectivity index (χ4v) is 3.24. The van der Waals surface area contributed by atoms with Crippen LogP contribution in [0.15, 0.2) is 43.9 Å². The number of nitrogens with zero attached hydrogens (tertiary/aromatic N) is 2. The van der Waals surface area contributed by atoms with Crippen LogP contribution in [0.2, 0.25) is 0 Å². The van der Waals surface area contributed by atoms with Gasteiger partial charge in [0, 0.05) is 11.4 Å². The Labute approximate surface area is 141 Å². The minimum absolute atomic E-state index is 0.0502. The number of hydrogen-bond acceptors (Lipinski definition) is 7. The third-order valence-electron chi connectivity index (χ3n) is 3.10. The molecule has 0 aliphatic rings. The number of rotatable bonds is 7. The largest absolute Gasteiger partial charge is 0.469 e. The molecule has 0 atom stereocenters. The molecular formula is C15H15N3O3S2. The lowest BCUT2D eigenvalue weighted by atomic mass is 10.3. The Balaban J connectivity index is 1.44. The Kier molecular flexibility index (Phi) is 5.14. The Morgan fingerprint density at radius 3 is 3.04 bits per heavy atom. The monoisotopic (exact) mass is 349 g/mol. The molecular weight excluding hydrogens is 334 g/mol. The van der Waals surface area contributed by atoms with Gasteiger partial charge in [0.1, 0.15) is 5.76 Å². The number of aryl methyl sites for hydroxylation is 1. The lowest BCUT2D eigenvalue weighted by molar-refractivity contribution is -0.118. The highest BCUT2D eigenvalue weighted by atomic mass is 32.2. The Hall–Kier alpha value is -2.06. The molecule has 0 radical (unpaired) electrons. The van der Waals surface area contributed by atoms with Gasteiger partial charge in [-0.2, -0.15) is 0 Å². The van der Waals surface area contributed by atoms with E-state index in [0.29, 0.717) is 17.7 Å². The van der Waals surface area contributed by atoms with Gasteiger partial charge in [-0.1, -0.05) is 17.8 Å². The average Bonchev–Trinajstić information content (AvgIpc) is 3.26. The second-order valence-corrected chi connectivity index (χ2v) is 6.69. The summed E-state index contributed by atoms with van der Waals surface area (Å²) in [4.78, 5) is 13.1. The lowest BCUT2D eigenvalue weighted by Gasteiger charge is -2.02. The normalized spacial score (nSPS) is 10.8. The van der Waals surface area contributed by atoms with Crippen molar-refractivity contribution in [3.05, 3.63) is 40.5 Å². The maximum atomic E-state index is 11.8. The highest BCUT2D eigenvalue weighted by Gasteiger charge is 2.14. The SMILES string of the molecule is Cc1occc1-c1nnc(SCC(=O)NCCc2cccs2)o1. The summed E-state index contributed by atoms with van der Waals surface area (Å²) in [7, 11) is 0. The zero-order valence-corrected chi connectivity index (χ0v) is 14.1. The van der Waals surface area contributed by atoms with Crippen molar-refractivity contribution in [2.75, 3.05) is 12.3 Å². The van der Waals surface area contributed by atoms with E-state index in [2.05, 4.69) is 21.6 Å². The van der Waals surface area contributed by atoms with Gasteiger partial charge in [0.25, 0.3) is 11.1 Å². The Morgan fingerprint density at radius 1 is 1.39 bits per heavy atom. The van der Waals surface area contributed by atoms with Crippen molar-refractivity contribution in [3.8, 4) is 11.5 Å². The molecule has 0 spiro atoms. The number of amides is 1. The van der Waals surface area contributed by atoms with E-state index in [1.807, 2.05) is 18.4 Å². The summed E-state index contributed by atoms with van der Waals surface area (Å²) in [6.07, 6.45) is 2.42. The van der Waals surface area contributed by atoms with Crippen molar-refractivity contribution in [2.24, 2.45) is 0 Å². The fraction of sp³-hybridized carbons (Fsp3) is 0.267. The maximum absolute atomic E-state index is 11.8. The van der Waals surface area contributed by atoms with Gasteiger partial charge >= 0.3 is 0 Å². The lowest BCUT2D eigenvalue weighted by Crippen LogP contribution is -2.27. The van der Waals surface area contributed by atoms with E-state index in [-0.39, 0.29) is 11.7 Å². The van der Waals surface area contributed by atoms with Crippen molar-refractivity contribution in [1.29, 1.82) is 0 Å². The highest BCUT2D eigenvalue weighted by molar-refractivity contribution is 7.99. The molecule has 23 heavy (non-hydrogen) atoms. The van der Waals surface area contributed by atoms with Crippen molar-refractivity contribution >= 4 is 29.0 Å². The molecule has 0 aromatic carbocycles. The van der Waals surface area contributed by atoms with Crippen LogP contribution in [-0.4, -0.2) is 28.4 Å². The summed E-state index contributed by atoms with van der Waals surface area (Å²) in [5.41, 5.74) is 0.768. The van der Waals surface area contributed by atoms with Crippen LogP contribution in [0, 0.1) is 6.92 Å². The molecule has 3 heterocycles. The summed E-state index contributed by atoms with van der Waals surface area (Å²) in [6, 6.07) is 5.84. The molecule has 0 unspecified atom stereocenters. The van der Waals surface area contributed by atoms with Crippen LogP contribution in [0.25, 0.3) is 11.5 Å². The van der Waals surface area contributed by atoms with Crippen LogP contribution < -0.4 is 5.32 Å². The van der Waals surface area contributed by atoms with E-state index in [9.17, 15) is 4.79 Å². The zero-order chi connectivity index (χ0) is 16.1. The van der Waals surface area contributed by atoms with E-state index in [4.69, 9.17) is 8.83 Å². The molecule has 0 fully saturated rings. The first-order valence-corrected chi connectivity index (χ1v) is 8.89. The predicted molar refractivity (Wildman–Crippen MR) is 88.5 cm³/mol. The first-order valence-electron chi connectivity index (χ1n) is 7.02. The van der Waals surface area contributed by atoms with E-state index in [1.54, 1.807) is 23.7 Å². The average molecular weight is 349 g/mol. The summed E-state index contributed by atoms with van der Waals surface area (Å²) >= 11 is 2.91. The molecule has 0 saturated carbocycles. The van der Waals surface area contributed by atoms with E-state index >= 15 is 0 Å². The zero-order valence-electron chi connectivity index (χ0n) is 12.4. The number of thioether (sulfide) groups is 1. The first-order chi connectivity index (χ1) is 11.2. The number of aromatic nitrogens is 2. The van der Waals surface area contributed by atoms with Crippen LogP contribution in [0.4, 0.5) is 0 Å². The molecule has 120 valence electrons. The summed E-state index contributed by atoms with van der Waals surface area (Å²) in [5.74, 6) is 1.32. The summed E-state index contributed by atoms with van der Waals surface area (Å²) < 4.78 is 10.7. The fourth-order valence-electron chi connectivity index (χ4n) is 1.94. The van der Waals surface area contributed by atoms with E-state index in [0.717, 1.165) is 17.7 Å². The predicted octanol–water partition coefficient (Wildman–Crippen LogP) is 3.15. The topological polar surface area (TPSA) is 81.2 Å². The molecule has 3 aromatic rings. The van der Waals surface area contributed by atoms with Crippen LogP contribution in [0.1, 0.15) is 10.6 Å². The molecule has 3 aromatic heterocycles. The third-order valence-corrected chi connectivity index (χ3v) is 4.85. The number of carbonyl (C=O) groups is 1. The molecule has 1 amide bonds. The highest BCUT2D eigenvalue weighted by Crippen LogP contribution is 2.26. The maximum Gasteiger partial charge on any atom is 0.277 e. The number of carbonyl (C=O) groups excluding carboxylic acids is 1. The van der Waals surface area contributed by atoms with Crippen LogP contribution in [0.3, 0.4) is 0 Å². The van der Waals surface area contributed by atoms with E-state index < -0.39 is 0 Å². The molecule has 0 saturated heterocycles. The Morgan fingerprint density at radius 2 is 2.30 bits per heavy atom. The van der Waals surface area contributed by atoms with Crippen LogP contribution in [0.5, 0.6) is 0 Å². The second kappa shape index (κ2) is 7.47. The third kappa shape index (κ3) is 4.23. The second-order valence-electron chi connectivity index (χ2n) is 4.73. The Bertz CT molecular complexity index is 765. The smallest absolute Gasteiger partial charge is 0.277 e. The molecule has 0 aliphatic heterocycles. The van der Waals surface area contributed by atoms with Crippen molar-refractivity contribution < 1.29 is 13.6 Å². The van der Waals surface area contributed by atoms with Crippen molar-refractivity contribution in [1.82, 2.24) is 15.5 Å². The number of furan rings is 1. The molecule has 1 N–H and O–H groups in total. The van der Waals surface area contributed by atoms with Gasteiger partial charge in [0.15, 0.2) is 0 Å². The molecule has 6 nitrogen and oxygen atoms in total.